The van der Waals surface area contributed by atoms with Crippen LogP contribution in [0.25, 0.3) is 10.9 Å². The molecule has 4 heteroatoms. The number of carbonyl (C=O) groups is 1. The van der Waals surface area contributed by atoms with Gasteiger partial charge in [0, 0.05) is 37.1 Å². The number of hydrogen-bond donors (Lipinski definition) is 0. The van der Waals surface area contributed by atoms with Gasteiger partial charge < -0.3 is 4.90 Å². The second-order valence-electron chi connectivity index (χ2n) is 6.34. The number of carbonyl (C=O) groups excluding carboxylic acids is 1. The SMILES string of the molecule is O=C(c1cccnc1)N1CC[C@@H](Cc2cccc3cccnc23)C1. The molecule has 0 radical (unpaired) electrons. The number of fused-ring (bicyclic) bond motifs is 1. The van der Waals surface area contributed by atoms with E-state index < -0.39 is 0 Å². The Labute approximate surface area is 141 Å². The summed E-state index contributed by atoms with van der Waals surface area (Å²) in [5.74, 6) is 0.569. The van der Waals surface area contributed by atoms with E-state index in [0.29, 0.717) is 11.5 Å². The highest BCUT2D eigenvalue weighted by Crippen LogP contribution is 2.25. The Morgan fingerprint density at radius 3 is 2.88 bits per heavy atom. The van der Waals surface area contributed by atoms with Crippen molar-refractivity contribution in [2.24, 2.45) is 5.92 Å². The summed E-state index contributed by atoms with van der Waals surface area (Å²) < 4.78 is 0. The van der Waals surface area contributed by atoms with Gasteiger partial charge in [-0.3, -0.25) is 14.8 Å². The average molecular weight is 317 g/mol. The number of rotatable bonds is 3. The predicted molar refractivity (Wildman–Crippen MR) is 93.7 cm³/mol. The maximum Gasteiger partial charge on any atom is 0.255 e. The van der Waals surface area contributed by atoms with Crippen molar-refractivity contribution < 1.29 is 4.79 Å². The minimum atomic E-state index is 0.0849. The molecule has 24 heavy (non-hydrogen) atoms. The molecule has 0 unspecified atom stereocenters. The molecular weight excluding hydrogens is 298 g/mol. The molecule has 1 fully saturated rings. The van der Waals surface area contributed by atoms with Crippen molar-refractivity contribution in [1.82, 2.24) is 14.9 Å². The molecule has 1 saturated heterocycles. The van der Waals surface area contributed by atoms with Gasteiger partial charge in [0.1, 0.15) is 0 Å². The first-order valence-corrected chi connectivity index (χ1v) is 8.33. The molecule has 3 aromatic rings. The van der Waals surface area contributed by atoms with Crippen molar-refractivity contribution >= 4 is 16.8 Å². The quantitative estimate of drug-likeness (QED) is 0.744. The molecule has 0 aliphatic carbocycles. The maximum atomic E-state index is 12.5. The molecular formula is C20H19N3O. The van der Waals surface area contributed by atoms with E-state index in [0.717, 1.165) is 31.4 Å². The molecule has 0 spiro atoms. The van der Waals surface area contributed by atoms with E-state index in [9.17, 15) is 4.79 Å². The van der Waals surface area contributed by atoms with Gasteiger partial charge in [0.2, 0.25) is 0 Å². The Morgan fingerprint density at radius 1 is 1.12 bits per heavy atom. The monoisotopic (exact) mass is 317 g/mol. The van der Waals surface area contributed by atoms with Gasteiger partial charge >= 0.3 is 0 Å². The fourth-order valence-electron chi connectivity index (χ4n) is 3.50. The molecule has 1 aromatic carbocycles. The van der Waals surface area contributed by atoms with Crippen LogP contribution in [0.5, 0.6) is 0 Å². The molecule has 4 nitrogen and oxygen atoms in total. The Kier molecular flexibility index (Phi) is 3.95. The standard InChI is InChI=1S/C20H19N3O/c24-20(18-7-2-9-21-13-18)23-11-8-15(14-23)12-17-5-1-4-16-6-3-10-22-19(16)17/h1-7,9-10,13,15H,8,11-12,14H2/t15-/m0/s1. The second-order valence-corrected chi connectivity index (χ2v) is 6.34. The van der Waals surface area contributed by atoms with E-state index >= 15 is 0 Å². The van der Waals surface area contributed by atoms with Crippen molar-refractivity contribution in [3.05, 3.63) is 72.2 Å². The van der Waals surface area contributed by atoms with Gasteiger partial charge in [-0.25, -0.2) is 0 Å². The summed E-state index contributed by atoms with van der Waals surface area (Å²) in [5.41, 5.74) is 3.02. The van der Waals surface area contributed by atoms with E-state index in [1.54, 1.807) is 12.4 Å². The maximum absolute atomic E-state index is 12.5. The van der Waals surface area contributed by atoms with Crippen LogP contribution in [0.3, 0.4) is 0 Å². The van der Waals surface area contributed by atoms with Crippen LogP contribution < -0.4 is 0 Å². The number of hydrogen-bond acceptors (Lipinski definition) is 3. The number of pyridine rings is 2. The molecule has 0 saturated carbocycles. The summed E-state index contributed by atoms with van der Waals surface area (Å²) in [5, 5.41) is 1.18. The molecule has 3 heterocycles. The van der Waals surface area contributed by atoms with E-state index in [2.05, 4.69) is 34.2 Å². The zero-order valence-corrected chi connectivity index (χ0v) is 13.4. The third-order valence-electron chi connectivity index (χ3n) is 4.71. The number of para-hydroxylation sites is 1. The molecule has 1 atom stereocenters. The normalized spacial score (nSPS) is 17.3. The van der Waals surface area contributed by atoms with Gasteiger partial charge in [-0.2, -0.15) is 0 Å². The first kappa shape index (κ1) is 14.8. The molecule has 1 aliphatic rings. The fraction of sp³-hybridized carbons (Fsp3) is 0.250. The van der Waals surface area contributed by atoms with Crippen LogP contribution in [-0.2, 0) is 6.42 Å². The van der Waals surface area contributed by atoms with Gasteiger partial charge in [0.15, 0.2) is 0 Å². The lowest BCUT2D eigenvalue weighted by molar-refractivity contribution is 0.0786. The number of aromatic nitrogens is 2. The molecule has 0 N–H and O–H groups in total. The van der Waals surface area contributed by atoms with E-state index in [4.69, 9.17) is 0 Å². The molecule has 1 aliphatic heterocycles. The van der Waals surface area contributed by atoms with Crippen molar-refractivity contribution in [2.45, 2.75) is 12.8 Å². The minimum Gasteiger partial charge on any atom is -0.338 e. The van der Waals surface area contributed by atoms with E-state index in [1.165, 1.54) is 10.9 Å². The van der Waals surface area contributed by atoms with Crippen LogP contribution in [-0.4, -0.2) is 33.9 Å². The summed E-state index contributed by atoms with van der Waals surface area (Å²) >= 11 is 0. The average Bonchev–Trinajstić information content (AvgIpc) is 3.11. The van der Waals surface area contributed by atoms with Crippen LogP contribution in [0.15, 0.2) is 61.1 Å². The molecule has 120 valence electrons. The van der Waals surface area contributed by atoms with Crippen LogP contribution in [0, 0.1) is 5.92 Å². The lowest BCUT2D eigenvalue weighted by Gasteiger charge is -2.16. The lowest BCUT2D eigenvalue weighted by atomic mass is 9.96. The highest BCUT2D eigenvalue weighted by atomic mass is 16.2. The fourth-order valence-corrected chi connectivity index (χ4v) is 3.50. The Bertz CT molecular complexity index is 858. The van der Waals surface area contributed by atoms with Gasteiger partial charge in [-0.1, -0.05) is 24.3 Å². The Balaban J connectivity index is 1.48. The summed E-state index contributed by atoms with van der Waals surface area (Å²) in [6.45, 7) is 1.62. The van der Waals surface area contributed by atoms with Gasteiger partial charge in [0.25, 0.3) is 5.91 Å². The lowest BCUT2D eigenvalue weighted by Crippen LogP contribution is -2.29. The van der Waals surface area contributed by atoms with Gasteiger partial charge in [-0.05, 0) is 42.5 Å². The molecule has 2 aromatic heterocycles. The van der Waals surface area contributed by atoms with Crippen LogP contribution in [0.2, 0.25) is 0 Å². The van der Waals surface area contributed by atoms with Crippen molar-refractivity contribution in [2.75, 3.05) is 13.1 Å². The van der Waals surface area contributed by atoms with Gasteiger partial charge in [0.05, 0.1) is 11.1 Å². The topological polar surface area (TPSA) is 46.1 Å². The molecule has 4 rings (SSSR count). The zero-order chi connectivity index (χ0) is 16.4. The summed E-state index contributed by atoms with van der Waals surface area (Å²) in [4.78, 5) is 23.1. The molecule has 0 bridgehead atoms. The number of likely N-dealkylation sites (tertiary alicyclic amines) is 1. The highest BCUT2D eigenvalue weighted by Gasteiger charge is 2.27. The number of nitrogens with zero attached hydrogens (tertiary/aromatic N) is 3. The third kappa shape index (κ3) is 2.87. The Hall–Kier alpha value is -2.75. The summed E-state index contributed by atoms with van der Waals surface area (Å²) in [7, 11) is 0. The van der Waals surface area contributed by atoms with Crippen LogP contribution in [0.4, 0.5) is 0 Å². The van der Waals surface area contributed by atoms with E-state index in [1.807, 2.05) is 29.3 Å². The largest absolute Gasteiger partial charge is 0.338 e. The minimum absolute atomic E-state index is 0.0849. The van der Waals surface area contributed by atoms with Crippen LogP contribution in [0.1, 0.15) is 22.3 Å². The zero-order valence-electron chi connectivity index (χ0n) is 13.4. The molecule has 1 amide bonds. The summed E-state index contributed by atoms with van der Waals surface area (Å²) in [6, 6.07) is 14.0. The van der Waals surface area contributed by atoms with Crippen molar-refractivity contribution in [3.63, 3.8) is 0 Å². The van der Waals surface area contributed by atoms with Crippen LogP contribution >= 0.6 is 0 Å². The first-order chi connectivity index (χ1) is 11.8. The number of benzene rings is 1. The smallest absolute Gasteiger partial charge is 0.255 e. The third-order valence-corrected chi connectivity index (χ3v) is 4.71. The summed E-state index contributed by atoms with van der Waals surface area (Å²) in [6.07, 6.45) is 7.18. The van der Waals surface area contributed by atoms with Crippen molar-refractivity contribution in [3.8, 4) is 0 Å². The number of amides is 1. The van der Waals surface area contributed by atoms with E-state index in [-0.39, 0.29) is 5.91 Å². The first-order valence-electron chi connectivity index (χ1n) is 8.33. The van der Waals surface area contributed by atoms with Crippen molar-refractivity contribution in [1.29, 1.82) is 0 Å². The highest BCUT2D eigenvalue weighted by molar-refractivity contribution is 5.94. The predicted octanol–water partition coefficient (Wildman–Crippen LogP) is 3.33. The Morgan fingerprint density at radius 2 is 2.00 bits per heavy atom. The second kappa shape index (κ2) is 6.40. The van der Waals surface area contributed by atoms with Gasteiger partial charge in [-0.15, -0.1) is 0 Å².